The van der Waals surface area contributed by atoms with Crippen molar-refractivity contribution < 1.29 is 17.0 Å². The van der Waals surface area contributed by atoms with Crippen LogP contribution in [-0.4, -0.2) is 0 Å². The van der Waals surface area contributed by atoms with Crippen LogP contribution in [0.25, 0.3) is 0 Å². The maximum atomic E-state index is 8.45. The average molecular weight is 189 g/mol. The average Bonchev–Trinajstić information content (AvgIpc) is 2.05. The summed E-state index contributed by atoms with van der Waals surface area (Å²) in [7, 11) is 0. The van der Waals surface area contributed by atoms with Crippen molar-refractivity contribution in [1.82, 2.24) is 0 Å². The maximum absolute atomic E-state index is 8.45. The third kappa shape index (κ3) is 2.75. The van der Waals surface area contributed by atoms with E-state index in [1.54, 1.807) is 22.9 Å². The molecule has 0 radical (unpaired) electrons. The van der Waals surface area contributed by atoms with E-state index >= 15 is 0 Å². The second-order valence-electron chi connectivity index (χ2n) is 1.84. The second-order valence-corrected chi connectivity index (χ2v) is 2.08. The van der Waals surface area contributed by atoms with Gasteiger partial charge in [-0.25, -0.2) is 0 Å². The van der Waals surface area contributed by atoms with Crippen LogP contribution in [-0.2, 0) is 6.00 Å². The predicted octanol–water partition coefficient (Wildman–Crippen LogP) is -1.95. The molecule has 0 aliphatic rings. The zero-order valence-corrected chi connectivity index (χ0v) is 7.18. The van der Waals surface area contributed by atoms with Crippen molar-refractivity contribution in [2.75, 3.05) is 0 Å². The number of pyridine rings is 1. The number of hydrogen-bond donors (Lipinski definition) is 0. The molecule has 1 heterocycles. The summed E-state index contributed by atoms with van der Waals surface area (Å²) < 4.78 is 1.74. The molecular weight excluding hydrogens is 183 g/mol. The smallest absolute Gasteiger partial charge is 0.222 e. The van der Waals surface area contributed by atoms with Gasteiger partial charge in [0.15, 0.2) is 12.4 Å². The highest BCUT2D eigenvalue weighted by atomic mass is 35.5. The summed E-state index contributed by atoms with van der Waals surface area (Å²) in [5.41, 5.74) is 0.628. The SMILES string of the molecule is N#Cc1ccc[n+](CCl)c1.[Cl-]. The van der Waals surface area contributed by atoms with Gasteiger partial charge >= 0.3 is 0 Å². The Bertz CT molecular complexity index is 267. The summed E-state index contributed by atoms with van der Waals surface area (Å²) in [4.78, 5) is 0. The first-order chi connectivity index (χ1) is 4.86. The molecule has 58 valence electrons. The summed E-state index contributed by atoms with van der Waals surface area (Å²) in [5.74, 6) is 0. The van der Waals surface area contributed by atoms with E-state index in [0.717, 1.165) is 0 Å². The molecule has 0 aliphatic heterocycles. The number of rotatable bonds is 1. The molecule has 0 N–H and O–H groups in total. The zero-order chi connectivity index (χ0) is 7.40. The molecule has 4 heteroatoms. The van der Waals surface area contributed by atoms with Crippen LogP contribution in [0.1, 0.15) is 5.56 Å². The van der Waals surface area contributed by atoms with Gasteiger partial charge in [-0.05, 0) is 6.07 Å². The molecule has 0 aromatic carbocycles. The first-order valence-electron chi connectivity index (χ1n) is 2.82. The highest BCUT2D eigenvalue weighted by Gasteiger charge is 1.97. The van der Waals surface area contributed by atoms with Gasteiger partial charge in [0.25, 0.3) is 0 Å². The lowest BCUT2D eigenvalue weighted by Crippen LogP contribution is -3.00. The topological polar surface area (TPSA) is 27.7 Å². The third-order valence-electron chi connectivity index (χ3n) is 1.13. The molecule has 0 fully saturated rings. The molecular formula is C7H6Cl2N2. The van der Waals surface area contributed by atoms with E-state index in [4.69, 9.17) is 16.9 Å². The largest absolute Gasteiger partial charge is 1.00 e. The fourth-order valence-corrected chi connectivity index (χ4v) is 0.811. The predicted molar refractivity (Wildman–Crippen MR) is 37.2 cm³/mol. The Balaban J connectivity index is 0.000001000. The quantitative estimate of drug-likeness (QED) is 0.372. The van der Waals surface area contributed by atoms with Gasteiger partial charge in [-0.3, -0.25) is 0 Å². The Morgan fingerprint density at radius 3 is 2.91 bits per heavy atom. The number of halogens is 2. The van der Waals surface area contributed by atoms with Gasteiger partial charge in [-0.2, -0.15) is 9.83 Å². The van der Waals surface area contributed by atoms with Crippen molar-refractivity contribution in [1.29, 1.82) is 5.26 Å². The van der Waals surface area contributed by atoms with Crippen molar-refractivity contribution in [2.45, 2.75) is 6.00 Å². The molecule has 1 rings (SSSR count). The van der Waals surface area contributed by atoms with E-state index in [1.807, 2.05) is 12.3 Å². The van der Waals surface area contributed by atoms with Crippen molar-refractivity contribution in [2.24, 2.45) is 0 Å². The first kappa shape index (κ1) is 10.2. The Kier molecular flexibility index (Phi) is 4.60. The summed E-state index contributed by atoms with van der Waals surface area (Å²) in [5, 5.41) is 8.45. The molecule has 0 bridgehead atoms. The summed E-state index contributed by atoms with van der Waals surface area (Å²) in [6, 6.07) is 5.94. The fourth-order valence-electron chi connectivity index (χ4n) is 0.662. The van der Waals surface area contributed by atoms with Crippen molar-refractivity contribution >= 4 is 11.6 Å². The summed E-state index contributed by atoms with van der Waals surface area (Å²) in [6.07, 6.45) is 3.51. The van der Waals surface area contributed by atoms with Crippen molar-refractivity contribution in [3.63, 3.8) is 0 Å². The lowest BCUT2D eigenvalue weighted by molar-refractivity contribution is -0.678. The van der Waals surface area contributed by atoms with Gasteiger partial charge < -0.3 is 12.4 Å². The van der Waals surface area contributed by atoms with Crippen LogP contribution in [0, 0.1) is 11.3 Å². The Labute approximate surface area is 76.4 Å². The van der Waals surface area contributed by atoms with Gasteiger partial charge in [0.1, 0.15) is 11.6 Å². The van der Waals surface area contributed by atoms with Gasteiger partial charge in [-0.1, -0.05) is 11.6 Å². The van der Waals surface area contributed by atoms with Crippen LogP contribution >= 0.6 is 11.6 Å². The highest BCUT2D eigenvalue weighted by Crippen LogP contribution is 1.90. The van der Waals surface area contributed by atoms with Crippen molar-refractivity contribution in [3.05, 3.63) is 30.1 Å². The van der Waals surface area contributed by atoms with E-state index in [2.05, 4.69) is 0 Å². The Morgan fingerprint density at radius 2 is 2.36 bits per heavy atom. The Hall–Kier alpha value is -0.780. The van der Waals surface area contributed by atoms with Gasteiger partial charge in [0, 0.05) is 6.07 Å². The highest BCUT2D eigenvalue weighted by molar-refractivity contribution is 6.14. The minimum atomic E-state index is 0. The van der Waals surface area contributed by atoms with Gasteiger partial charge in [0.05, 0.1) is 0 Å². The monoisotopic (exact) mass is 188 g/mol. The van der Waals surface area contributed by atoms with Gasteiger partial charge in [-0.15, -0.1) is 0 Å². The number of aromatic nitrogens is 1. The van der Waals surface area contributed by atoms with Crippen LogP contribution in [0.2, 0.25) is 0 Å². The molecule has 2 nitrogen and oxygen atoms in total. The van der Waals surface area contributed by atoms with Crippen LogP contribution in [0.4, 0.5) is 0 Å². The second kappa shape index (κ2) is 4.95. The molecule has 1 aromatic rings. The van der Waals surface area contributed by atoms with E-state index in [-0.39, 0.29) is 12.4 Å². The van der Waals surface area contributed by atoms with Crippen molar-refractivity contribution in [3.8, 4) is 6.07 Å². The summed E-state index contributed by atoms with van der Waals surface area (Å²) >= 11 is 5.51. The molecule has 0 amide bonds. The third-order valence-corrected chi connectivity index (χ3v) is 1.40. The molecule has 0 saturated heterocycles. The molecule has 0 aliphatic carbocycles. The molecule has 0 unspecified atom stereocenters. The van der Waals surface area contributed by atoms with Crippen LogP contribution in [0.15, 0.2) is 24.5 Å². The minimum Gasteiger partial charge on any atom is -1.00 e. The number of alkyl halides is 1. The van der Waals surface area contributed by atoms with E-state index in [1.165, 1.54) is 0 Å². The minimum absolute atomic E-state index is 0. The van der Waals surface area contributed by atoms with Crippen LogP contribution < -0.4 is 17.0 Å². The fraction of sp³-hybridized carbons (Fsp3) is 0.143. The van der Waals surface area contributed by atoms with Crippen LogP contribution in [0.5, 0.6) is 0 Å². The van der Waals surface area contributed by atoms with Gasteiger partial charge in [0.2, 0.25) is 6.00 Å². The summed E-state index contributed by atoms with van der Waals surface area (Å²) in [6.45, 7) is 0. The Morgan fingerprint density at radius 1 is 1.64 bits per heavy atom. The first-order valence-corrected chi connectivity index (χ1v) is 3.35. The van der Waals surface area contributed by atoms with E-state index < -0.39 is 0 Å². The number of nitrogens with zero attached hydrogens (tertiary/aromatic N) is 2. The zero-order valence-electron chi connectivity index (χ0n) is 5.67. The molecule has 0 atom stereocenters. The lowest BCUT2D eigenvalue weighted by atomic mass is 10.3. The molecule has 0 spiro atoms. The normalized spacial score (nSPS) is 8.00. The van der Waals surface area contributed by atoms with Crippen LogP contribution in [0.3, 0.4) is 0 Å². The maximum Gasteiger partial charge on any atom is 0.222 e. The molecule has 1 aromatic heterocycles. The molecule has 11 heavy (non-hydrogen) atoms. The lowest BCUT2D eigenvalue weighted by Gasteiger charge is -1.87. The van der Waals surface area contributed by atoms with E-state index in [9.17, 15) is 0 Å². The number of hydrogen-bond acceptors (Lipinski definition) is 1. The standard InChI is InChI=1S/C7H6ClN2.ClH/c8-6-10-3-1-2-7(4-9)5-10;/h1-3,5H,6H2;1H/q+1;/p-1. The number of nitriles is 1. The molecule has 0 saturated carbocycles. The van der Waals surface area contributed by atoms with E-state index in [0.29, 0.717) is 11.6 Å².